The van der Waals surface area contributed by atoms with E-state index in [4.69, 9.17) is 32.7 Å². The minimum atomic E-state index is -1.12. The van der Waals surface area contributed by atoms with Crippen molar-refractivity contribution >= 4 is 34.7 Å². The van der Waals surface area contributed by atoms with Crippen molar-refractivity contribution in [3.05, 3.63) is 64.1 Å². The molecular weight excluding hydrogens is 341 g/mol. The minimum Gasteiger partial charge on any atom is -0.503 e. The Kier molecular flexibility index (Phi) is 5.84. The summed E-state index contributed by atoms with van der Waals surface area (Å²) in [5, 5.41) is 10.2. The molecule has 120 valence electrons. The first-order valence-electron chi connectivity index (χ1n) is 6.50. The van der Waals surface area contributed by atoms with E-state index in [0.29, 0.717) is 27.1 Å². The maximum Gasteiger partial charge on any atom is 0.339 e. The molecule has 0 aliphatic rings. The van der Waals surface area contributed by atoms with Crippen molar-refractivity contribution in [2.24, 2.45) is 0 Å². The predicted molar refractivity (Wildman–Crippen MR) is 87.7 cm³/mol. The van der Waals surface area contributed by atoms with Crippen LogP contribution in [0.2, 0.25) is 10.0 Å². The van der Waals surface area contributed by atoms with Crippen molar-refractivity contribution in [1.29, 1.82) is 0 Å². The number of ether oxygens (including phenoxy) is 2. The number of rotatable bonds is 6. The molecule has 1 heterocycles. The first kappa shape index (κ1) is 17.1. The van der Waals surface area contributed by atoms with E-state index in [2.05, 4.69) is 4.98 Å². The quantitative estimate of drug-likeness (QED) is 0.626. The molecule has 0 radical (unpaired) electrons. The number of carbonyl (C=O) groups is 1. The zero-order valence-corrected chi connectivity index (χ0v) is 13.6. The monoisotopic (exact) mass is 353 g/mol. The van der Waals surface area contributed by atoms with Gasteiger partial charge in [0.15, 0.2) is 0 Å². The van der Waals surface area contributed by atoms with Crippen LogP contribution in [0, 0.1) is 0 Å². The van der Waals surface area contributed by atoms with Crippen LogP contribution in [0.15, 0.2) is 42.8 Å². The second-order valence-electron chi connectivity index (χ2n) is 4.46. The fourth-order valence-corrected chi connectivity index (χ4v) is 2.41. The van der Waals surface area contributed by atoms with Gasteiger partial charge < -0.3 is 14.6 Å². The molecule has 0 saturated carbocycles. The average molecular weight is 354 g/mol. The lowest BCUT2D eigenvalue weighted by atomic mass is 10.1. The van der Waals surface area contributed by atoms with Gasteiger partial charge in [-0.2, -0.15) is 0 Å². The van der Waals surface area contributed by atoms with Crippen LogP contribution < -0.4 is 4.74 Å². The highest BCUT2D eigenvalue weighted by Crippen LogP contribution is 2.26. The molecule has 0 fully saturated rings. The van der Waals surface area contributed by atoms with Crippen LogP contribution in [0.3, 0.4) is 0 Å². The first-order valence-corrected chi connectivity index (χ1v) is 7.26. The minimum absolute atomic E-state index is 0.0108. The topological polar surface area (TPSA) is 68.7 Å². The maximum atomic E-state index is 11.4. The van der Waals surface area contributed by atoms with Crippen LogP contribution in [-0.4, -0.2) is 23.2 Å². The maximum absolute atomic E-state index is 11.4. The number of benzene rings is 1. The number of hydrogen-bond acceptors (Lipinski definition) is 4. The summed E-state index contributed by atoms with van der Waals surface area (Å²) in [5.74, 6) is -0.654. The number of aliphatic carboxylic acids is 1. The molecule has 2 aromatic rings. The summed E-state index contributed by atoms with van der Waals surface area (Å²) in [5.41, 5.74) is 0.854. The predicted octanol–water partition coefficient (Wildman–Crippen LogP) is 4.04. The number of hydrogen-bond donors (Lipinski definition) is 1. The van der Waals surface area contributed by atoms with E-state index in [9.17, 15) is 9.90 Å². The molecule has 0 bridgehead atoms. The van der Waals surface area contributed by atoms with E-state index >= 15 is 0 Å². The molecule has 1 N–H and O–H groups in total. The summed E-state index contributed by atoms with van der Waals surface area (Å²) in [6, 6.07) is 8.08. The number of carboxylic acids is 1. The van der Waals surface area contributed by atoms with E-state index in [-0.39, 0.29) is 12.2 Å². The van der Waals surface area contributed by atoms with Gasteiger partial charge in [-0.3, -0.25) is 4.98 Å². The van der Waals surface area contributed by atoms with E-state index in [1.54, 1.807) is 36.5 Å². The lowest BCUT2D eigenvalue weighted by molar-refractivity contribution is -0.130. The number of halogens is 2. The molecule has 1 aromatic carbocycles. The Morgan fingerprint density at radius 3 is 2.61 bits per heavy atom. The fourth-order valence-electron chi connectivity index (χ4n) is 1.91. The molecule has 0 spiro atoms. The molecule has 0 atom stereocenters. The summed E-state index contributed by atoms with van der Waals surface area (Å²) in [7, 11) is 1.38. The van der Waals surface area contributed by atoms with Gasteiger partial charge in [0.25, 0.3) is 0 Å². The smallest absolute Gasteiger partial charge is 0.339 e. The molecule has 0 aliphatic carbocycles. The van der Waals surface area contributed by atoms with Gasteiger partial charge in [0, 0.05) is 21.8 Å². The summed E-state index contributed by atoms with van der Waals surface area (Å²) in [4.78, 5) is 15.5. The van der Waals surface area contributed by atoms with Crippen LogP contribution >= 0.6 is 23.2 Å². The second kappa shape index (κ2) is 7.85. The van der Waals surface area contributed by atoms with Gasteiger partial charge in [-0.25, -0.2) is 4.79 Å². The number of carboxylic acid groups (broad SMARTS) is 1. The standard InChI is InChI=1S/C16H13Cl2NO4/c1-22-8-14(16(20)21)13-3-2-4-19-15(13)9-23-12-6-10(17)5-11(18)7-12/h2-8H,9H2,1H3,(H,20,21)/b14-8+. The molecule has 0 unspecified atom stereocenters. The van der Waals surface area contributed by atoms with Crippen LogP contribution in [0.25, 0.3) is 5.57 Å². The Hall–Kier alpha value is -2.24. The molecule has 2 rings (SSSR count). The molecule has 5 nitrogen and oxygen atoms in total. The van der Waals surface area contributed by atoms with E-state index < -0.39 is 5.97 Å². The van der Waals surface area contributed by atoms with Crippen molar-refractivity contribution < 1.29 is 19.4 Å². The summed E-state index contributed by atoms with van der Waals surface area (Å²) >= 11 is 11.8. The van der Waals surface area contributed by atoms with Gasteiger partial charge in [-0.1, -0.05) is 29.3 Å². The third kappa shape index (κ3) is 4.61. The van der Waals surface area contributed by atoms with E-state index in [0.717, 1.165) is 6.26 Å². The van der Waals surface area contributed by atoms with Gasteiger partial charge >= 0.3 is 5.97 Å². The summed E-state index contributed by atoms with van der Waals surface area (Å²) < 4.78 is 10.4. The van der Waals surface area contributed by atoms with Crippen molar-refractivity contribution in [3.63, 3.8) is 0 Å². The fraction of sp³-hybridized carbons (Fsp3) is 0.125. The molecule has 0 aliphatic heterocycles. The van der Waals surface area contributed by atoms with Gasteiger partial charge in [-0.15, -0.1) is 0 Å². The van der Waals surface area contributed by atoms with Crippen LogP contribution in [0.4, 0.5) is 0 Å². The molecule has 23 heavy (non-hydrogen) atoms. The normalized spacial score (nSPS) is 11.2. The zero-order chi connectivity index (χ0) is 16.8. The lowest BCUT2D eigenvalue weighted by Crippen LogP contribution is -2.07. The van der Waals surface area contributed by atoms with Crippen molar-refractivity contribution in [3.8, 4) is 5.75 Å². The number of pyridine rings is 1. The third-order valence-corrected chi connectivity index (χ3v) is 3.29. The van der Waals surface area contributed by atoms with Gasteiger partial charge in [0.05, 0.1) is 19.1 Å². The molecule has 0 saturated heterocycles. The Morgan fingerprint density at radius 1 is 1.30 bits per heavy atom. The second-order valence-corrected chi connectivity index (χ2v) is 5.34. The van der Waals surface area contributed by atoms with Gasteiger partial charge in [-0.05, 0) is 24.3 Å². The van der Waals surface area contributed by atoms with E-state index in [1.807, 2.05) is 0 Å². The largest absolute Gasteiger partial charge is 0.503 e. The van der Waals surface area contributed by atoms with Crippen molar-refractivity contribution in [2.45, 2.75) is 6.61 Å². The highest BCUT2D eigenvalue weighted by molar-refractivity contribution is 6.34. The summed E-state index contributed by atoms with van der Waals surface area (Å²) in [6.45, 7) is 0.0567. The van der Waals surface area contributed by atoms with Crippen LogP contribution in [0.1, 0.15) is 11.3 Å². The zero-order valence-electron chi connectivity index (χ0n) is 12.1. The van der Waals surface area contributed by atoms with Gasteiger partial charge in [0.2, 0.25) is 0 Å². The van der Waals surface area contributed by atoms with E-state index in [1.165, 1.54) is 7.11 Å². The SMILES string of the molecule is CO/C=C(/C(=O)O)c1cccnc1COc1cc(Cl)cc(Cl)c1. The van der Waals surface area contributed by atoms with Crippen molar-refractivity contribution in [1.82, 2.24) is 4.98 Å². The average Bonchev–Trinajstić information content (AvgIpc) is 2.50. The Labute approximate surface area is 143 Å². The first-order chi connectivity index (χ1) is 11.0. The molecule has 0 amide bonds. The Balaban J connectivity index is 2.27. The molecule has 1 aromatic heterocycles. The van der Waals surface area contributed by atoms with Crippen molar-refractivity contribution in [2.75, 3.05) is 7.11 Å². The van der Waals surface area contributed by atoms with Gasteiger partial charge in [0.1, 0.15) is 17.9 Å². The Bertz CT molecular complexity index is 726. The highest BCUT2D eigenvalue weighted by Gasteiger charge is 2.16. The molecular formula is C16H13Cl2NO4. The lowest BCUT2D eigenvalue weighted by Gasteiger charge is -2.11. The number of aromatic nitrogens is 1. The van der Waals surface area contributed by atoms with Crippen LogP contribution in [0.5, 0.6) is 5.75 Å². The number of methoxy groups -OCH3 is 1. The molecule has 7 heteroatoms. The Morgan fingerprint density at radius 2 is 2.00 bits per heavy atom. The summed E-state index contributed by atoms with van der Waals surface area (Å²) in [6.07, 6.45) is 2.71. The highest BCUT2D eigenvalue weighted by atomic mass is 35.5. The third-order valence-electron chi connectivity index (χ3n) is 2.86. The van der Waals surface area contributed by atoms with Crippen LogP contribution in [-0.2, 0) is 16.1 Å². The number of nitrogens with zero attached hydrogens (tertiary/aromatic N) is 1.